The van der Waals surface area contributed by atoms with Crippen LogP contribution in [0.3, 0.4) is 0 Å². The first-order chi connectivity index (χ1) is 8.57. The van der Waals surface area contributed by atoms with Gasteiger partial charge in [-0.15, -0.1) is 6.58 Å². The minimum Gasteiger partial charge on any atom is -0.325 e. The largest absolute Gasteiger partial charge is 0.332 e. The molecule has 0 aliphatic carbocycles. The fourth-order valence-electron chi connectivity index (χ4n) is 1.97. The Bertz CT molecular complexity index is 705. The smallest absolute Gasteiger partial charge is 0.325 e. The first-order valence-electron chi connectivity index (χ1n) is 5.79. The number of rotatable bonds is 4. The molecule has 0 bridgehead atoms. The van der Waals surface area contributed by atoms with Crippen LogP contribution in [0.15, 0.2) is 28.6 Å². The molecule has 0 aliphatic rings. The van der Waals surface area contributed by atoms with Gasteiger partial charge in [-0.2, -0.15) is 0 Å². The number of hydrogen-bond donors (Lipinski definition) is 0. The molecule has 0 aliphatic heterocycles. The van der Waals surface area contributed by atoms with Crippen molar-refractivity contribution in [3.63, 3.8) is 0 Å². The third kappa shape index (κ3) is 1.79. The molecule has 2 aromatic rings. The summed E-state index contributed by atoms with van der Waals surface area (Å²) in [6, 6.07) is 0. The van der Waals surface area contributed by atoms with Crippen molar-refractivity contribution in [2.45, 2.75) is 19.4 Å². The Labute approximate surface area is 104 Å². The molecule has 0 unspecified atom stereocenters. The van der Waals surface area contributed by atoms with Crippen LogP contribution in [0, 0.1) is 0 Å². The number of hydrogen-bond acceptors (Lipinski definition) is 3. The summed E-state index contributed by atoms with van der Waals surface area (Å²) in [5.74, 6) is 0. The van der Waals surface area contributed by atoms with E-state index in [0.717, 1.165) is 17.4 Å². The summed E-state index contributed by atoms with van der Waals surface area (Å²) >= 11 is 0. The molecule has 0 spiro atoms. The highest BCUT2D eigenvalue weighted by Crippen LogP contribution is 2.07. The molecule has 0 radical (unpaired) electrons. The standard InChI is InChI=1S/C12H16N4O2/c1-4-5-6-7-16-8-13-10-9(16)11(17)15(3)12(18)14(10)2/h4,8H,1,5-7H2,2-3H3. The van der Waals surface area contributed by atoms with Gasteiger partial charge in [-0.25, -0.2) is 9.78 Å². The van der Waals surface area contributed by atoms with Crippen molar-refractivity contribution in [2.24, 2.45) is 14.1 Å². The molecular weight excluding hydrogens is 232 g/mol. The average molecular weight is 248 g/mol. The van der Waals surface area contributed by atoms with E-state index in [2.05, 4.69) is 11.6 Å². The highest BCUT2D eigenvalue weighted by Gasteiger charge is 2.13. The molecule has 6 nitrogen and oxygen atoms in total. The molecule has 2 heterocycles. The Balaban J connectivity index is 2.62. The maximum absolute atomic E-state index is 12.1. The van der Waals surface area contributed by atoms with Crippen LogP contribution >= 0.6 is 0 Å². The van der Waals surface area contributed by atoms with E-state index in [1.165, 1.54) is 11.6 Å². The highest BCUT2D eigenvalue weighted by molar-refractivity contribution is 5.69. The maximum Gasteiger partial charge on any atom is 0.332 e. The fraction of sp³-hybridized carbons (Fsp3) is 0.417. The third-order valence-electron chi connectivity index (χ3n) is 3.02. The number of nitrogens with zero attached hydrogens (tertiary/aromatic N) is 4. The van der Waals surface area contributed by atoms with Crippen LogP contribution in [0.4, 0.5) is 0 Å². The quantitative estimate of drug-likeness (QED) is 0.581. The van der Waals surface area contributed by atoms with Crippen molar-refractivity contribution >= 4 is 11.2 Å². The van der Waals surface area contributed by atoms with Gasteiger partial charge in [0.25, 0.3) is 5.56 Å². The van der Waals surface area contributed by atoms with Gasteiger partial charge in [0.05, 0.1) is 6.33 Å². The van der Waals surface area contributed by atoms with Crippen LogP contribution < -0.4 is 11.2 Å². The number of aryl methyl sites for hydroxylation is 2. The van der Waals surface area contributed by atoms with Crippen molar-refractivity contribution in [3.8, 4) is 0 Å². The van der Waals surface area contributed by atoms with Gasteiger partial charge >= 0.3 is 5.69 Å². The van der Waals surface area contributed by atoms with E-state index in [0.29, 0.717) is 17.7 Å². The van der Waals surface area contributed by atoms with Crippen molar-refractivity contribution in [1.29, 1.82) is 0 Å². The van der Waals surface area contributed by atoms with Crippen LogP contribution in [-0.4, -0.2) is 18.7 Å². The molecule has 18 heavy (non-hydrogen) atoms. The van der Waals surface area contributed by atoms with Gasteiger partial charge in [0, 0.05) is 20.6 Å². The summed E-state index contributed by atoms with van der Waals surface area (Å²) in [5, 5.41) is 0. The van der Waals surface area contributed by atoms with Gasteiger partial charge < -0.3 is 4.57 Å². The van der Waals surface area contributed by atoms with E-state index in [4.69, 9.17) is 0 Å². The second kappa shape index (κ2) is 4.64. The first kappa shape index (κ1) is 12.3. The summed E-state index contributed by atoms with van der Waals surface area (Å²) < 4.78 is 4.29. The zero-order chi connectivity index (χ0) is 13.3. The minimum atomic E-state index is -0.358. The molecule has 0 N–H and O–H groups in total. The number of aromatic nitrogens is 4. The van der Waals surface area contributed by atoms with Crippen molar-refractivity contribution in [3.05, 3.63) is 39.8 Å². The number of imidazole rings is 1. The summed E-state index contributed by atoms with van der Waals surface area (Å²) in [6.45, 7) is 4.35. The Morgan fingerprint density at radius 1 is 1.33 bits per heavy atom. The van der Waals surface area contributed by atoms with Crippen LogP contribution in [0.1, 0.15) is 12.8 Å². The van der Waals surface area contributed by atoms with E-state index in [1.807, 2.05) is 6.08 Å². The maximum atomic E-state index is 12.1. The number of unbranched alkanes of at least 4 members (excludes halogenated alkanes) is 1. The van der Waals surface area contributed by atoms with Gasteiger partial charge in [0.2, 0.25) is 0 Å². The van der Waals surface area contributed by atoms with Crippen molar-refractivity contribution in [2.75, 3.05) is 0 Å². The second-order valence-corrected chi connectivity index (χ2v) is 4.25. The lowest BCUT2D eigenvalue weighted by molar-refractivity contribution is 0.654. The summed E-state index contributed by atoms with van der Waals surface area (Å²) in [6.07, 6.45) is 5.22. The minimum absolute atomic E-state index is 0.302. The topological polar surface area (TPSA) is 61.8 Å². The van der Waals surface area contributed by atoms with E-state index in [1.54, 1.807) is 17.9 Å². The lowest BCUT2D eigenvalue weighted by Gasteiger charge is -2.05. The van der Waals surface area contributed by atoms with Gasteiger partial charge in [-0.1, -0.05) is 6.08 Å². The van der Waals surface area contributed by atoms with E-state index in [-0.39, 0.29) is 11.2 Å². The molecule has 0 saturated carbocycles. The predicted octanol–water partition coefficient (Wildman–Crippen LogP) is 0.400. The van der Waals surface area contributed by atoms with Crippen LogP contribution in [0.2, 0.25) is 0 Å². The van der Waals surface area contributed by atoms with Crippen LogP contribution in [0.5, 0.6) is 0 Å². The Kier molecular flexibility index (Phi) is 3.18. The molecule has 0 fully saturated rings. The van der Waals surface area contributed by atoms with Crippen molar-refractivity contribution in [1.82, 2.24) is 18.7 Å². The molecule has 6 heteroatoms. The van der Waals surface area contributed by atoms with Gasteiger partial charge in [0.15, 0.2) is 11.2 Å². The lowest BCUT2D eigenvalue weighted by Crippen LogP contribution is -2.37. The van der Waals surface area contributed by atoms with E-state index >= 15 is 0 Å². The molecule has 2 rings (SSSR count). The molecule has 0 saturated heterocycles. The molecule has 96 valence electrons. The molecule has 0 atom stereocenters. The molecule has 0 aromatic carbocycles. The van der Waals surface area contributed by atoms with Crippen LogP contribution in [-0.2, 0) is 20.6 Å². The Morgan fingerprint density at radius 3 is 2.72 bits per heavy atom. The normalized spacial score (nSPS) is 11.0. The van der Waals surface area contributed by atoms with Crippen molar-refractivity contribution < 1.29 is 0 Å². The molecule has 0 amide bonds. The zero-order valence-corrected chi connectivity index (χ0v) is 10.6. The molecular formula is C12H16N4O2. The Morgan fingerprint density at radius 2 is 2.06 bits per heavy atom. The highest BCUT2D eigenvalue weighted by atomic mass is 16.2. The second-order valence-electron chi connectivity index (χ2n) is 4.25. The monoisotopic (exact) mass is 248 g/mol. The Hall–Kier alpha value is -2.11. The van der Waals surface area contributed by atoms with E-state index < -0.39 is 0 Å². The third-order valence-corrected chi connectivity index (χ3v) is 3.02. The number of allylic oxidation sites excluding steroid dienone is 1. The SMILES string of the molecule is C=CCCCn1cnc2c1c(=O)n(C)c(=O)n2C. The predicted molar refractivity (Wildman–Crippen MR) is 69.6 cm³/mol. The lowest BCUT2D eigenvalue weighted by atomic mass is 10.3. The van der Waals surface area contributed by atoms with Gasteiger partial charge in [0.1, 0.15) is 0 Å². The summed E-state index contributed by atoms with van der Waals surface area (Å²) in [4.78, 5) is 28.0. The zero-order valence-electron chi connectivity index (χ0n) is 10.6. The average Bonchev–Trinajstić information content (AvgIpc) is 2.78. The van der Waals surface area contributed by atoms with Gasteiger partial charge in [-0.05, 0) is 12.8 Å². The summed E-state index contributed by atoms with van der Waals surface area (Å²) in [7, 11) is 3.09. The fourth-order valence-corrected chi connectivity index (χ4v) is 1.97. The summed E-state index contributed by atoms with van der Waals surface area (Å²) in [5.41, 5.74) is 0.249. The van der Waals surface area contributed by atoms with E-state index in [9.17, 15) is 9.59 Å². The first-order valence-corrected chi connectivity index (χ1v) is 5.79. The van der Waals surface area contributed by atoms with Gasteiger partial charge in [-0.3, -0.25) is 13.9 Å². The number of fused-ring (bicyclic) bond motifs is 1. The van der Waals surface area contributed by atoms with Crippen LogP contribution in [0.25, 0.3) is 11.2 Å². The molecule has 2 aromatic heterocycles.